The molecule has 3 heterocycles. The minimum atomic E-state index is -1.04. The molecule has 4 rings (SSSR count). The summed E-state index contributed by atoms with van der Waals surface area (Å²) in [5, 5.41) is 14.1. The van der Waals surface area contributed by atoms with Crippen molar-refractivity contribution in [2.75, 3.05) is 16.3 Å². The van der Waals surface area contributed by atoms with E-state index in [-0.39, 0.29) is 18.5 Å². The molecule has 0 spiro atoms. The third kappa shape index (κ3) is 3.56. The van der Waals surface area contributed by atoms with Crippen LogP contribution in [0.1, 0.15) is 19.4 Å². The molecule has 0 radical (unpaired) electrons. The van der Waals surface area contributed by atoms with Crippen molar-refractivity contribution in [3.05, 3.63) is 60.7 Å². The van der Waals surface area contributed by atoms with Gasteiger partial charge in [0.05, 0.1) is 30.2 Å². The number of hydrogen-bond acceptors (Lipinski definition) is 4. The Balaban J connectivity index is 1.69. The van der Waals surface area contributed by atoms with Gasteiger partial charge in [0.1, 0.15) is 0 Å². The van der Waals surface area contributed by atoms with Gasteiger partial charge >= 0.3 is 6.09 Å². The second kappa shape index (κ2) is 7.38. The SMILES string of the molecule is CC(=O)N1c2ccc(-c3cnn(Cc4ccncc4)c3)cc2N(C(=O)O)C[C@@H]1C. The summed E-state index contributed by atoms with van der Waals surface area (Å²) in [6, 6.07) is 9.13. The van der Waals surface area contributed by atoms with Crippen LogP contribution < -0.4 is 9.80 Å². The van der Waals surface area contributed by atoms with Crippen molar-refractivity contribution in [2.45, 2.75) is 26.4 Å². The average molecular weight is 391 g/mol. The van der Waals surface area contributed by atoms with Crippen molar-refractivity contribution in [2.24, 2.45) is 0 Å². The molecule has 1 aromatic carbocycles. The van der Waals surface area contributed by atoms with Gasteiger partial charge in [0, 0.05) is 37.6 Å². The topological polar surface area (TPSA) is 91.6 Å². The third-order valence-electron chi connectivity index (χ3n) is 5.04. The number of hydrogen-bond donors (Lipinski definition) is 1. The van der Waals surface area contributed by atoms with Gasteiger partial charge in [-0.1, -0.05) is 6.07 Å². The highest BCUT2D eigenvalue weighted by Gasteiger charge is 2.33. The molecule has 2 amide bonds. The lowest BCUT2D eigenvalue weighted by Gasteiger charge is -2.39. The molecule has 1 atom stereocenters. The maximum Gasteiger partial charge on any atom is 0.411 e. The first-order valence-corrected chi connectivity index (χ1v) is 9.30. The number of carbonyl (C=O) groups excluding carboxylic acids is 1. The van der Waals surface area contributed by atoms with Crippen molar-refractivity contribution in [3.8, 4) is 11.1 Å². The van der Waals surface area contributed by atoms with Gasteiger partial charge in [0.15, 0.2) is 0 Å². The number of rotatable bonds is 3. The first-order valence-electron chi connectivity index (χ1n) is 9.30. The number of amides is 2. The van der Waals surface area contributed by atoms with Gasteiger partial charge in [-0.15, -0.1) is 0 Å². The number of nitrogens with zero attached hydrogens (tertiary/aromatic N) is 5. The molecule has 8 nitrogen and oxygen atoms in total. The summed E-state index contributed by atoms with van der Waals surface area (Å²) in [4.78, 5) is 30.9. The first-order chi connectivity index (χ1) is 13.9. The minimum Gasteiger partial charge on any atom is -0.465 e. The summed E-state index contributed by atoms with van der Waals surface area (Å²) in [6.07, 6.45) is 6.12. The Kier molecular flexibility index (Phi) is 4.75. The molecule has 1 N–H and O–H groups in total. The summed E-state index contributed by atoms with van der Waals surface area (Å²) in [7, 11) is 0. The first kappa shape index (κ1) is 18.7. The molecular formula is C21H21N5O3. The largest absolute Gasteiger partial charge is 0.465 e. The molecule has 29 heavy (non-hydrogen) atoms. The van der Waals surface area contributed by atoms with Crippen molar-refractivity contribution in [3.63, 3.8) is 0 Å². The predicted octanol–water partition coefficient (Wildman–Crippen LogP) is 3.23. The Bertz CT molecular complexity index is 1060. The molecule has 0 bridgehead atoms. The second-order valence-corrected chi connectivity index (χ2v) is 7.12. The molecule has 0 saturated heterocycles. The van der Waals surface area contributed by atoms with Gasteiger partial charge in [-0.2, -0.15) is 5.10 Å². The third-order valence-corrected chi connectivity index (χ3v) is 5.04. The Labute approximate surface area is 168 Å². The normalized spacial score (nSPS) is 15.9. The zero-order chi connectivity index (χ0) is 20.5. The van der Waals surface area contributed by atoms with Crippen molar-refractivity contribution in [1.82, 2.24) is 14.8 Å². The van der Waals surface area contributed by atoms with Crippen molar-refractivity contribution < 1.29 is 14.7 Å². The molecule has 0 aliphatic carbocycles. The van der Waals surface area contributed by atoms with E-state index in [0.29, 0.717) is 17.9 Å². The zero-order valence-electron chi connectivity index (χ0n) is 16.2. The quantitative estimate of drug-likeness (QED) is 0.740. The molecule has 8 heteroatoms. The van der Waals surface area contributed by atoms with E-state index < -0.39 is 6.09 Å². The van der Waals surface area contributed by atoms with E-state index in [2.05, 4.69) is 10.1 Å². The molecule has 3 aromatic rings. The van der Waals surface area contributed by atoms with Crippen LogP contribution in [0.4, 0.5) is 16.2 Å². The number of carbonyl (C=O) groups is 2. The summed E-state index contributed by atoms with van der Waals surface area (Å²) in [5.41, 5.74) is 3.91. The van der Waals surface area contributed by atoms with Crippen LogP contribution in [0, 0.1) is 0 Å². The molecule has 0 unspecified atom stereocenters. The van der Waals surface area contributed by atoms with E-state index in [0.717, 1.165) is 16.7 Å². The lowest BCUT2D eigenvalue weighted by atomic mass is 10.0. The number of aromatic nitrogens is 3. The van der Waals surface area contributed by atoms with Gasteiger partial charge in [-0.3, -0.25) is 19.4 Å². The Hall–Kier alpha value is -3.68. The van der Waals surface area contributed by atoms with E-state index in [9.17, 15) is 14.7 Å². The summed E-state index contributed by atoms with van der Waals surface area (Å²) in [6.45, 7) is 4.18. The van der Waals surface area contributed by atoms with E-state index in [4.69, 9.17) is 0 Å². The van der Waals surface area contributed by atoms with Gasteiger partial charge in [0.25, 0.3) is 0 Å². The van der Waals surface area contributed by atoms with Crippen LogP contribution in [0.15, 0.2) is 55.1 Å². The highest BCUT2D eigenvalue weighted by molar-refractivity contribution is 6.02. The zero-order valence-corrected chi connectivity index (χ0v) is 16.2. The van der Waals surface area contributed by atoms with Crippen LogP contribution >= 0.6 is 0 Å². The van der Waals surface area contributed by atoms with Gasteiger partial charge in [-0.25, -0.2) is 4.79 Å². The molecule has 1 aliphatic rings. The summed E-state index contributed by atoms with van der Waals surface area (Å²) < 4.78 is 1.82. The van der Waals surface area contributed by atoms with Crippen molar-refractivity contribution in [1.29, 1.82) is 0 Å². The molecule has 1 aliphatic heterocycles. The highest BCUT2D eigenvalue weighted by atomic mass is 16.4. The fourth-order valence-corrected chi connectivity index (χ4v) is 3.74. The molecule has 2 aromatic heterocycles. The Morgan fingerprint density at radius 3 is 2.59 bits per heavy atom. The summed E-state index contributed by atoms with van der Waals surface area (Å²) in [5.74, 6) is -0.110. The Morgan fingerprint density at radius 2 is 1.90 bits per heavy atom. The number of fused-ring (bicyclic) bond motifs is 1. The lowest BCUT2D eigenvalue weighted by molar-refractivity contribution is -0.117. The van der Waals surface area contributed by atoms with Gasteiger partial charge < -0.3 is 10.0 Å². The van der Waals surface area contributed by atoms with Crippen LogP contribution in [-0.2, 0) is 11.3 Å². The molecule has 148 valence electrons. The summed E-state index contributed by atoms with van der Waals surface area (Å²) >= 11 is 0. The van der Waals surface area contributed by atoms with Crippen LogP contribution in [0.5, 0.6) is 0 Å². The molecule has 0 fully saturated rings. The lowest BCUT2D eigenvalue weighted by Crippen LogP contribution is -2.51. The number of benzene rings is 1. The number of pyridine rings is 1. The van der Waals surface area contributed by atoms with E-state index in [1.54, 1.807) is 35.6 Å². The fourth-order valence-electron chi connectivity index (χ4n) is 3.74. The van der Waals surface area contributed by atoms with Crippen LogP contribution in [-0.4, -0.2) is 44.5 Å². The second-order valence-electron chi connectivity index (χ2n) is 7.12. The number of carboxylic acid groups (broad SMARTS) is 1. The van der Waals surface area contributed by atoms with E-state index >= 15 is 0 Å². The smallest absolute Gasteiger partial charge is 0.411 e. The molecule has 0 saturated carbocycles. The molecular weight excluding hydrogens is 370 g/mol. The van der Waals surface area contributed by atoms with E-state index in [1.807, 2.05) is 36.0 Å². The van der Waals surface area contributed by atoms with E-state index in [1.165, 1.54) is 11.8 Å². The maximum absolute atomic E-state index is 12.1. The average Bonchev–Trinajstić information content (AvgIpc) is 3.15. The van der Waals surface area contributed by atoms with Crippen LogP contribution in [0.2, 0.25) is 0 Å². The van der Waals surface area contributed by atoms with Crippen LogP contribution in [0.3, 0.4) is 0 Å². The van der Waals surface area contributed by atoms with Gasteiger partial charge in [-0.05, 0) is 42.3 Å². The fraction of sp³-hybridized carbons (Fsp3) is 0.238. The standard InChI is InChI=1S/C21H21N5O3/c1-14-11-25(21(28)29)20-9-17(3-4-19(20)26(14)15(2)27)18-10-23-24(13-18)12-16-5-7-22-8-6-16/h3-10,13-14H,11-12H2,1-2H3,(H,28,29)/t14-/m0/s1. The predicted molar refractivity (Wildman–Crippen MR) is 109 cm³/mol. The minimum absolute atomic E-state index is 0.110. The Morgan fingerprint density at radius 1 is 1.14 bits per heavy atom. The van der Waals surface area contributed by atoms with Crippen molar-refractivity contribution >= 4 is 23.4 Å². The monoisotopic (exact) mass is 391 g/mol. The van der Waals surface area contributed by atoms with Crippen LogP contribution in [0.25, 0.3) is 11.1 Å². The maximum atomic E-state index is 12.1. The highest BCUT2D eigenvalue weighted by Crippen LogP contribution is 2.38. The van der Waals surface area contributed by atoms with Gasteiger partial charge in [0.2, 0.25) is 5.91 Å². The number of anilines is 2.